The van der Waals surface area contributed by atoms with Gasteiger partial charge in [0.2, 0.25) is 10.0 Å². The maximum atomic E-state index is 11.3. The molecular formula is C19H23N3O3S. The Kier molecular flexibility index (Phi) is 5.90. The number of hydrogen-bond donors (Lipinski definition) is 2. The fraction of sp³-hybridized carbons (Fsp3) is 0.316. The van der Waals surface area contributed by atoms with Gasteiger partial charge in [0.1, 0.15) is 18.4 Å². The molecule has 0 unspecified atom stereocenters. The van der Waals surface area contributed by atoms with E-state index in [0.29, 0.717) is 18.8 Å². The number of benzene rings is 2. The van der Waals surface area contributed by atoms with Gasteiger partial charge in [0.05, 0.1) is 16.1 Å². The molecule has 0 aliphatic carbocycles. The van der Waals surface area contributed by atoms with E-state index in [1.807, 2.05) is 30.3 Å². The third-order valence-corrected chi connectivity index (χ3v) is 4.76. The first-order valence-electron chi connectivity index (χ1n) is 8.15. The Hall–Kier alpha value is -2.56. The lowest BCUT2D eigenvalue weighted by atomic mass is 9.87. The number of nitrogens with two attached hydrogens (primary N) is 1. The first-order valence-corrected chi connectivity index (χ1v) is 9.70. The molecule has 7 heteroatoms. The van der Waals surface area contributed by atoms with Crippen molar-refractivity contribution >= 4 is 15.7 Å². The Morgan fingerprint density at radius 3 is 2.35 bits per heavy atom. The van der Waals surface area contributed by atoms with Gasteiger partial charge in [0.25, 0.3) is 0 Å². The predicted octanol–water partition coefficient (Wildman–Crippen LogP) is 2.99. The van der Waals surface area contributed by atoms with Crippen LogP contribution >= 0.6 is 0 Å². The summed E-state index contributed by atoms with van der Waals surface area (Å²) in [4.78, 5) is -0.0882. The summed E-state index contributed by atoms with van der Waals surface area (Å²) in [6, 6.07) is 14.1. The van der Waals surface area contributed by atoms with Gasteiger partial charge >= 0.3 is 0 Å². The largest absolute Gasteiger partial charge is 0.492 e. The summed E-state index contributed by atoms with van der Waals surface area (Å²) in [6.45, 7) is 7.32. The van der Waals surface area contributed by atoms with Crippen molar-refractivity contribution in [3.8, 4) is 11.8 Å². The summed E-state index contributed by atoms with van der Waals surface area (Å²) in [5.74, 6) is 0.768. The molecule has 0 saturated heterocycles. The topological polar surface area (TPSA) is 105 Å². The highest BCUT2D eigenvalue weighted by Crippen LogP contribution is 2.24. The van der Waals surface area contributed by atoms with Gasteiger partial charge in [0, 0.05) is 6.54 Å². The van der Waals surface area contributed by atoms with E-state index >= 15 is 0 Å². The Balaban J connectivity index is 1.93. The van der Waals surface area contributed by atoms with Crippen LogP contribution in [-0.2, 0) is 15.4 Å². The van der Waals surface area contributed by atoms with E-state index in [1.54, 1.807) is 0 Å². The van der Waals surface area contributed by atoms with Crippen molar-refractivity contribution in [2.45, 2.75) is 31.1 Å². The number of nitrogens with zero attached hydrogens (tertiary/aromatic N) is 1. The van der Waals surface area contributed by atoms with Crippen LogP contribution in [0.4, 0.5) is 5.69 Å². The number of rotatable bonds is 6. The van der Waals surface area contributed by atoms with E-state index in [2.05, 4.69) is 26.1 Å². The summed E-state index contributed by atoms with van der Waals surface area (Å²) in [6.07, 6.45) is 0. The number of nitrogens with one attached hydrogen (secondary N) is 1. The molecule has 0 fully saturated rings. The SMILES string of the molecule is CC(C)(C)c1ccc(OCCNc2ccc(S(N)(=O)=O)cc2C#N)cc1. The summed E-state index contributed by atoms with van der Waals surface area (Å²) < 4.78 is 28.4. The highest BCUT2D eigenvalue weighted by Gasteiger charge is 2.13. The number of ether oxygens (including phenoxy) is 1. The molecule has 138 valence electrons. The number of sulfonamides is 1. The van der Waals surface area contributed by atoms with Crippen LogP contribution in [0.3, 0.4) is 0 Å². The van der Waals surface area contributed by atoms with Crippen molar-refractivity contribution in [2.75, 3.05) is 18.5 Å². The zero-order chi connectivity index (χ0) is 19.4. The third kappa shape index (κ3) is 5.22. The number of anilines is 1. The van der Waals surface area contributed by atoms with E-state index in [4.69, 9.17) is 9.88 Å². The second-order valence-corrected chi connectivity index (χ2v) is 8.48. The van der Waals surface area contributed by atoms with Crippen molar-refractivity contribution < 1.29 is 13.2 Å². The molecule has 2 aromatic rings. The molecule has 0 atom stereocenters. The van der Waals surface area contributed by atoms with Crippen LogP contribution in [0.25, 0.3) is 0 Å². The highest BCUT2D eigenvalue weighted by molar-refractivity contribution is 7.89. The molecule has 0 bridgehead atoms. The van der Waals surface area contributed by atoms with Crippen LogP contribution in [0.5, 0.6) is 5.75 Å². The molecule has 0 aromatic heterocycles. The van der Waals surface area contributed by atoms with E-state index in [9.17, 15) is 13.7 Å². The molecule has 0 aliphatic rings. The molecule has 0 heterocycles. The third-order valence-electron chi connectivity index (χ3n) is 3.85. The minimum Gasteiger partial charge on any atom is -0.492 e. The molecular weight excluding hydrogens is 350 g/mol. The normalized spacial score (nSPS) is 11.7. The first-order chi connectivity index (χ1) is 12.1. The molecule has 0 spiro atoms. The van der Waals surface area contributed by atoms with Crippen LogP contribution < -0.4 is 15.2 Å². The van der Waals surface area contributed by atoms with Crippen LogP contribution in [0.2, 0.25) is 0 Å². The van der Waals surface area contributed by atoms with Gasteiger partial charge in [-0.1, -0.05) is 32.9 Å². The Bertz CT molecular complexity index is 909. The lowest BCUT2D eigenvalue weighted by molar-refractivity contribution is 0.332. The quantitative estimate of drug-likeness (QED) is 0.757. The van der Waals surface area contributed by atoms with E-state index in [0.717, 1.165) is 5.75 Å². The molecule has 3 N–H and O–H groups in total. The van der Waals surface area contributed by atoms with Gasteiger partial charge in [-0.05, 0) is 41.3 Å². The van der Waals surface area contributed by atoms with Gasteiger partial charge in [-0.15, -0.1) is 0 Å². The molecule has 6 nitrogen and oxygen atoms in total. The molecule has 2 aromatic carbocycles. The maximum Gasteiger partial charge on any atom is 0.238 e. The van der Waals surface area contributed by atoms with Crippen molar-refractivity contribution in [3.63, 3.8) is 0 Å². The lowest BCUT2D eigenvalue weighted by Crippen LogP contribution is -2.15. The van der Waals surface area contributed by atoms with Gasteiger partial charge in [-0.2, -0.15) is 5.26 Å². The van der Waals surface area contributed by atoms with Gasteiger partial charge in [0.15, 0.2) is 0 Å². The van der Waals surface area contributed by atoms with Crippen molar-refractivity contribution in [2.24, 2.45) is 5.14 Å². The minimum atomic E-state index is -3.83. The van der Waals surface area contributed by atoms with Gasteiger partial charge in [-0.3, -0.25) is 0 Å². The van der Waals surface area contributed by atoms with Crippen molar-refractivity contribution in [3.05, 3.63) is 53.6 Å². The molecule has 0 aliphatic heterocycles. The van der Waals surface area contributed by atoms with E-state index in [-0.39, 0.29) is 15.9 Å². The molecule has 26 heavy (non-hydrogen) atoms. The average molecular weight is 373 g/mol. The molecule has 0 amide bonds. The van der Waals surface area contributed by atoms with Gasteiger partial charge < -0.3 is 10.1 Å². The van der Waals surface area contributed by atoms with Crippen LogP contribution in [0, 0.1) is 11.3 Å². The fourth-order valence-corrected chi connectivity index (χ4v) is 2.89. The zero-order valence-electron chi connectivity index (χ0n) is 15.1. The number of primary sulfonamides is 1. The summed E-state index contributed by atoms with van der Waals surface area (Å²) in [7, 11) is -3.83. The Labute approximate surface area is 154 Å². The highest BCUT2D eigenvalue weighted by atomic mass is 32.2. The second kappa shape index (κ2) is 7.77. The zero-order valence-corrected chi connectivity index (χ0v) is 15.9. The van der Waals surface area contributed by atoms with Crippen LogP contribution in [0.1, 0.15) is 31.9 Å². The van der Waals surface area contributed by atoms with E-state index in [1.165, 1.54) is 23.8 Å². The average Bonchev–Trinajstić information content (AvgIpc) is 2.57. The van der Waals surface area contributed by atoms with Gasteiger partial charge in [-0.25, -0.2) is 13.6 Å². The minimum absolute atomic E-state index is 0.0882. The molecule has 2 rings (SSSR count). The Morgan fingerprint density at radius 2 is 1.81 bits per heavy atom. The van der Waals surface area contributed by atoms with E-state index < -0.39 is 10.0 Å². The standard InChI is InChI=1S/C19H23N3O3S/c1-19(2,3)15-4-6-16(7-5-15)25-11-10-22-18-9-8-17(26(21,23)24)12-14(18)13-20/h4-9,12,22H,10-11H2,1-3H3,(H2,21,23,24). The number of nitriles is 1. The summed E-state index contributed by atoms with van der Waals surface area (Å²) >= 11 is 0. The van der Waals surface area contributed by atoms with Crippen LogP contribution in [0.15, 0.2) is 47.4 Å². The Morgan fingerprint density at radius 1 is 1.15 bits per heavy atom. The first kappa shape index (κ1) is 19.8. The monoisotopic (exact) mass is 373 g/mol. The maximum absolute atomic E-state index is 11.3. The summed E-state index contributed by atoms with van der Waals surface area (Å²) in [5.41, 5.74) is 2.07. The predicted molar refractivity (Wildman–Crippen MR) is 102 cm³/mol. The van der Waals surface area contributed by atoms with Crippen molar-refractivity contribution in [1.82, 2.24) is 0 Å². The van der Waals surface area contributed by atoms with Crippen LogP contribution in [-0.4, -0.2) is 21.6 Å². The molecule has 0 radical (unpaired) electrons. The molecule has 0 saturated carbocycles. The second-order valence-electron chi connectivity index (χ2n) is 6.91. The lowest BCUT2D eigenvalue weighted by Gasteiger charge is -2.19. The van der Waals surface area contributed by atoms with Crippen molar-refractivity contribution in [1.29, 1.82) is 5.26 Å². The number of hydrogen-bond acceptors (Lipinski definition) is 5. The summed E-state index contributed by atoms with van der Waals surface area (Å²) in [5, 5.41) is 17.3. The smallest absolute Gasteiger partial charge is 0.238 e. The fourth-order valence-electron chi connectivity index (χ4n) is 2.35.